The molecule has 2 heterocycles. The van der Waals surface area contributed by atoms with Crippen molar-refractivity contribution in [3.8, 4) is 0 Å². The zero-order chi connectivity index (χ0) is 19.9. The molecule has 7 nitrogen and oxygen atoms in total. The summed E-state index contributed by atoms with van der Waals surface area (Å²) in [6.07, 6.45) is 2.16. The van der Waals surface area contributed by atoms with E-state index in [4.69, 9.17) is 4.74 Å². The van der Waals surface area contributed by atoms with Gasteiger partial charge in [0.25, 0.3) is 5.91 Å². The van der Waals surface area contributed by atoms with Crippen LogP contribution < -0.4 is 15.1 Å². The summed E-state index contributed by atoms with van der Waals surface area (Å²) in [5.74, 6) is 0.358. The Hall–Kier alpha value is -2.67. The molecule has 2 aromatic rings. The Morgan fingerprint density at radius 1 is 1.25 bits per heavy atom. The van der Waals surface area contributed by atoms with Gasteiger partial charge in [-0.15, -0.1) is 0 Å². The second-order valence-corrected chi connectivity index (χ2v) is 7.04. The minimum atomic E-state index is -0.226. The number of carbonyl (C=O) groups excluding carboxylic acids is 1. The largest absolute Gasteiger partial charge is 0.378 e. The van der Waals surface area contributed by atoms with Gasteiger partial charge in [-0.05, 0) is 31.5 Å². The first-order chi connectivity index (χ1) is 13.6. The average Bonchev–Trinajstić information content (AvgIpc) is 2.72. The summed E-state index contributed by atoms with van der Waals surface area (Å²) in [6.45, 7) is 7.91. The first-order valence-electron chi connectivity index (χ1n) is 9.88. The number of hydrogen-bond donors (Lipinski definition) is 1. The highest BCUT2D eigenvalue weighted by molar-refractivity contribution is 6.04. The van der Waals surface area contributed by atoms with Crippen LogP contribution in [0.25, 0.3) is 0 Å². The van der Waals surface area contributed by atoms with Crippen molar-refractivity contribution in [1.82, 2.24) is 9.97 Å². The Bertz CT molecular complexity index is 805. The zero-order valence-electron chi connectivity index (χ0n) is 16.9. The van der Waals surface area contributed by atoms with Crippen molar-refractivity contribution in [2.24, 2.45) is 0 Å². The summed E-state index contributed by atoms with van der Waals surface area (Å²) in [5, 5.41) is 3.03. The van der Waals surface area contributed by atoms with Gasteiger partial charge in [-0.3, -0.25) is 4.79 Å². The molecule has 150 valence electrons. The molecule has 0 radical (unpaired) electrons. The molecule has 1 N–H and O–H groups in total. The Morgan fingerprint density at radius 2 is 2.00 bits per heavy atom. The minimum absolute atomic E-state index is 0.226. The SMILES string of the molecule is CCCCN(C)c1nc(C)cc(C(=O)Nc2ccccc2N2CCOCC2)n1. The number of benzene rings is 1. The van der Waals surface area contributed by atoms with E-state index in [0.29, 0.717) is 24.9 Å². The zero-order valence-corrected chi connectivity index (χ0v) is 16.9. The van der Waals surface area contributed by atoms with Gasteiger partial charge in [0.15, 0.2) is 0 Å². The molecular formula is C21H29N5O2. The smallest absolute Gasteiger partial charge is 0.274 e. The Kier molecular flexibility index (Phi) is 6.81. The minimum Gasteiger partial charge on any atom is -0.378 e. The maximum Gasteiger partial charge on any atom is 0.274 e. The lowest BCUT2D eigenvalue weighted by Gasteiger charge is -2.30. The second kappa shape index (κ2) is 9.50. The Morgan fingerprint density at radius 3 is 2.75 bits per heavy atom. The van der Waals surface area contributed by atoms with Gasteiger partial charge in [0.05, 0.1) is 24.6 Å². The number of aromatic nitrogens is 2. The summed E-state index contributed by atoms with van der Waals surface area (Å²) in [7, 11) is 1.96. The molecule has 1 aliphatic heterocycles. The molecule has 1 aromatic heterocycles. The van der Waals surface area contributed by atoms with Crippen LogP contribution in [0.5, 0.6) is 0 Å². The van der Waals surface area contributed by atoms with Crippen molar-refractivity contribution in [1.29, 1.82) is 0 Å². The molecule has 0 unspecified atom stereocenters. The van der Waals surface area contributed by atoms with Crippen LogP contribution in [0.2, 0.25) is 0 Å². The normalized spacial score (nSPS) is 14.0. The monoisotopic (exact) mass is 383 g/mol. The molecule has 1 amide bonds. The highest BCUT2D eigenvalue weighted by Gasteiger charge is 2.18. The number of hydrogen-bond acceptors (Lipinski definition) is 6. The van der Waals surface area contributed by atoms with Crippen molar-refractivity contribution in [3.63, 3.8) is 0 Å². The van der Waals surface area contributed by atoms with Gasteiger partial charge in [0.2, 0.25) is 5.95 Å². The van der Waals surface area contributed by atoms with Crippen LogP contribution in [0.4, 0.5) is 17.3 Å². The van der Waals surface area contributed by atoms with Gasteiger partial charge in [0.1, 0.15) is 5.69 Å². The third-order valence-corrected chi connectivity index (χ3v) is 4.77. The Balaban J connectivity index is 1.79. The molecule has 1 aliphatic rings. The predicted molar refractivity (Wildman–Crippen MR) is 112 cm³/mol. The lowest BCUT2D eigenvalue weighted by Crippen LogP contribution is -2.36. The van der Waals surface area contributed by atoms with Crippen molar-refractivity contribution >= 4 is 23.2 Å². The van der Waals surface area contributed by atoms with E-state index in [9.17, 15) is 4.79 Å². The number of aryl methyl sites for hydroxylation is 1. The van der Waals surface area contributed by atoms with Crippen LogP contribution in [0.3, 0.4) is 0 Å². The van der Waals surface area contributed by atoms with Crippen molar-refractivity contribution < 1.29 is 9.53 Å². The fraction of sp³-hybridized carbons (Fsp3) is 0.476. The van der Waals surface area contributed by atoms with E-state index in [1.807, 2.05) is 43.1 Å². The third-order valence-electron chi connectivity index (χ3n) is 4.77. The van der Waals surface area contributed by atoms with Gasteiger partial charge in [0, 0.05) is 32.4 Å². The van der Waals surface area contributed by atoms with Gasteiger partial charge >= 0.3 is 0 Å². The molecule has 28 heavy (non-hydrogen) atoms. The van der Waals surface area contributed by atoms with Crippen LogP contribution in [-0.4, -0.2) is 55.8 Å². The van der Waals surface area contributed by atoms with Crippen LogP contribution in [0, 0.1) is 6.92 Å². The number of anilines is 3. The number of para-hydroxylation sites is 2. The van der Waals surface area contributed by atoms with Gasteiger partial charge in [-0.25, -0.2) is 9.97 Å². The van der Waals surface area contributed by atoms with E-state index < -0.39 is 0 Å². The van der Waals surface area contributed by atoms with Crippen LogP contribution >= 0.6 is 0 Å². The number of ether oxygens (including phenoxy) is 1. The lowest BCUT2D eigenvalue weighted by molar-refractivity contribution is 0.102. The molecule has 1 fully saturated rings. The number of unbranched alkanes of at least 4 members (excludes halogenated alkanes) is 1. The second-order valence-electron chi connectivity index (χ2n) is 7.04. The van der Waals surface area contributed by atoms with E-state index in [2.05, 4.69) is 27.1 Å². The van der Waals surface area contributed by atoms with Crippen LogP contribution in [0.1, 0.15) is 35.9 Å². The summed E-state index contributed by atoms with van der Waals surface area (Å²) in [6, 6.07) is 9.58. The highest BCUT2D eigenvalue weighted by atomic mass is 16.5. The lowest BCUT2D eigenvalue weighted by atomic mass is 10.2. The fourth-order valence-electron chi connectivity index (χ4n) is 3.18. The average molecular weight is 383 g/mol. The van der Waals surface area contributed by atoms with E-state index in [0.717, 1.165) is 49.5 Å². The maximum atomic E-state index is 12.9. The quantitative estimate of drug-likeness (QED) is 0.792. The topological polar surface area (TPSA) is 70.6 Å². The van der Waals surface area contributed by atoms with Crippen LogP contribution in [0.15, 0.2) is 30.3 Å². The van der Waals surface area contributed by atoms with E-state index in [1.165, 1.54) is 0 Å². The number of rotatable bonds is 7. The number of nitrogens with zero attached hydrogens (tertiary/aromatic N) is 4. The third kappa shape index (κ3) is 4.98. The van der Waals surface area contributed by atoms with Gasteiger partial charge in [-0.1, -0.05) is 25.5 Å². The maximum absolute atomic E-state index is 12.9. The molecule has 0 atom stereocenters. The molecule has 7 heteroatoms. The predicted octanol–water partition coefficient (Wildman–Crippen LogP) is 3.11. The van der Waals surface area contributed by atoms with Crippen LogP contribution in [-0.2, 0) is 4.74 Å². The summed E-state index contributed by atoms with van der Waals surface area (Å²) < 4.78 is 5.44. The molecule has 1 saturated heterocycles. The van der Waals surface area contributed by atoms with E-state index >= 15 is 0 Å². The number of nitrogens with one attached hydrogen (secondary N) is 1. The Labute approximate surface area is 166 Å². The van der Waals surface area contributed by atoms with Gasteiger partial charge in [-0.2, -0.15) is 0 Å². The molecule has 0 saturated carbocycles. The molecule has 0 aliphatic carbocycles. The van der Waals surface area contributed by atoms with Crippen molar-refractivity contribution in [3.05, 3.63) is 41.7 Å². The van der Waals surface area contributed by atoms with E-state index in [1.54, 1.807) is 6.07 Å². The summed E-state index contributed by atoms with van der Waals surface area (Å²) >= 11 is 0. The summed E-state index contributed by atoms with van der Waals surface area (Å²) in [5.41, 5.74) is 2.94. The van der Waals surface area contributed by atoms with E-state index in [-0.39, 0.29) is 5.91 Å². The summed E-state index contributed by atoms with van der Waals surface area (Å²) in [4.78, 5) is 26.1. The first kappa shape index (κ1) is 20.1. The van der Waals surface area contributed by atoms with Gasteiger partial charge < -0.3 is 19.9 Å². The highest BCUT2D eigenvalue weighted by Crippen LogP contribution is 2.27. The standard InChI is InChI=1S/C21H29N5O2/c1-4-5-10-25(3)21-22-16(2)15-18(24-21)20(27)23-17-8-6-7-9-19(17)26-11-13-28-14-12-26/h6-9,15H,4-5,10-14H2,1-3H3,(H,23,27). The number of morpholine rings is 1. The number of carbonyl (C=O) groups is 1. The molecular weight excluding hydrogens is 354 g/mol. The van der Waals surface area contributed by atoms with Crippen molar-refractivity contribution in [2.75, 3.05) is 55.0 Å². The number of amides is 1. The van der Waals surface area contributed by atoms with Crippen molar-refractivity contribution in [2.45, 2.75) is 26.7 Å². The molecule has 0 spiro atoms. The molecule has 1 aromatic carbocycles. The first-order valence-corrected chi connectivity index (χ1v) is 9.88. The molecule has 3 rings (SSSR count). The molecule has 0 bridgehead atoms. The fourth-order valence-corrected chi connectivity index (χ4v) is 3.18.